The summed E-state index contributed by atoms with van der Waals surface area (Å²) in [6, 6.07) is 4.96. The zero-order valence-electron chi connectivity index (χ0n) is 11.2. The number of aromatic nitrogens is 2. The Bertz CT molecular complexity index is 642. The molecule has 0 saturated heterocycles. The second-order valence-electron chi connectivity index (χ2n) is 5.75. The average molecular weight is 274 g/mol. The van der Waals surface area contributed by atoms with Crippen LogP contribution in [0, 0.1) is 5.41 Å². The maximum Gasteiger partial charge on any atom is 0.335 e. The summed E-state index contributed by atoms with van der Waals surface area (Å²) in [5.41, 5.74) is 1.81. The van der Waals surface area contributed by atoms with Crippen molar-refractivity contribution in [3.8, 4) is 0 Å². The van der Waals surface area contributed by atoms with E-state index in [2.05, 4.69) is 4.98 Å². The van der Waals surface area contributed by atoms with Gasteiger partial charge in [0.2, 0.25) is 0 Å². The largest absolute Gasteiger partial charge is 0.478 e. The van der Waals surface area contributed by atoms with Crippen molar-refractivity contribution in [2.75, 3.05) is 6.61 Å². The molecule has 0 spiro atoms. The van der Waals surface area contributed by atoms with Crippen molar-refractivity contribution in [2.24, 2.45) is 5.41 Å². The molecule has 106 valence electrons. The number of hydrogen-bond acceptors (Lipinski definition) is 3. The quantitative estimate of drug-likeness (QED) is 0.897. The van der Waals surface area contributed by atoms with Gasteiger partial charge in [-0.1, -0.05) is 12.8 Å². The fourth-order valence-electron chi connectivity index (χ4n) is 3.17. The Labute approximate surface area is 116 Å². The van der Waals surface area contributed by atoms with Crippen LogP contribution in [0.5, 0.6) is 0 Å². The lowest BCUT2D eigenvalue weighted by Gasteiger charge is -2.27. The van der Waals surface area contributed by atoms with E-state index in [9.17, 15) is 9.90 Å². The van der Waals surface area contributed by atoms with E-state index in [-0.39, 0.29) is 17.6 Å². The van der Waals surface area contributed by atoms with Gasteiger partial charge in [-0.05, 0) is 31.0 Å². The molecule has 1 heterocycles. The maximum absolute atomic E-state index is 11.1. The third-order valence-electron chi connectivity index (χ3n) is 4.37. The monoisotopic (exact) mass is 274 g/mol. The van der Waals surface area contributed by atoms with Gasteiger partial charge < -0.3 is 14.8 Å². The van der Waals surface area contributed by atoms with Gasteiger partial charge in [-0.3, -0.25) is 0 Å². The van der Waals surface area contributed by atoms with Crippen LogP contribution in [0.1, 0.15) is 36.0 Å². The molecule has 1 saturated carbocycles. The first-order chi connectivity index (χ1) is 9.63. The molecule has 1 aromatic carbocycles. The van der Waals surface area contributed by atoms with Crippen molar-refractivity contribution in [1.29, 1.82) is 0 Å². The Morgan fingerprint density at radius 1 is 1.35 bits per heavy atom. The topological polar surface area (TPSA) is 75.3 Å². The first kappa shape index (κ1) is 13.1. The fraction of sp³-hybridized carbons (Fsp3) is 0.467. The van der Waals surface area contributed by atoms with Crippen molar-refractivity contribution in [3.63, 3.8) is 0 Å². The molecule has 0 radical (unpaired) electrons. The van der Waals surface area contributed by atoms with Crippen LogP contribution in [-0.4, -0.2) is 32.3 Å². The number of carboxylic acids is 1. The van der Waals surface area contributed by atoms with E-state index in [1.54, 1.807) is 24.5 Å². The molecular formula is C15H18N2O3. The predicted molar refractivity (Wildman–Crippen MR) is 74.7 cm³/mol. The lowest BCUT2D eigenvalue weighted by molar-refractivity contribution is 0.0697. The number of nitrogens with zero attached hydrogens (tertiary/aromatic N) is 2. The van der Waals surface area contributed by atoms with Gasteiger partial charge in [0.1, 0.15) is 0 Å². The molecule has 5 nitrogen and oxygen atoms in total. The minimum Gasteiger partial charge on any atom is -0.478 e. The van der Waals surface area contributed by atoms with Crippen molar-refractivity contribution in [1.82, 2.24) is 9.55 Å². The zero-order valence-corrected chi connectivity index (χ0v) is 11.2. The summed E-state index contributed by atoms with van der Waals surface area (Å²) in [5.74, 6) is -0.933. The normalized spacial score (nSPS) is 17.6. The standard InChI is InChI=1S/C15H18N2O3/c18-9-15(5-1-2-6-15)8-17-10-16-12-4-3-11(14(19)20)7-13(12)17/h3-4,7,10,18H,1-2,5-6,8-9H2,(H,19,20). The van der Waals surface area contributed by atoms with E-state index in [1.165, 1.54) is 0 Å². The summed E-state index contributed by atoms with van der Waals surface area (Å²) >= 11 is 0. The van der Waals surface area contributed by atoms with Gasteiger partial charge in [0.05, 0.1) is 29.5 Å². The van der Waals surface area contributed by atoms with E-state index in [0.29, 0.717) is 6.54 Å². The number of aromatic carboxylic acids is 1. The molecule has 2 aromatic rings. The number of rotatable bonds is 4. The smallest absolute Gasteiger partial charge is 0.335 e. The number of aliphatic hydroxyl groups excluding tert-OH is 1. The zero-order chi connectivity index (χ0) is 14.2. The highest BCUT2D eigenvalue weighted by Crippen LogP contribution is 2.39. The predicted octanol–water partition coefficient (Wildman–Crippen LogP) is 2.29. The second-order valence-corrected chi connectivity index (χ2v) is 5.75. The minimum absolute atomic E-state index is 0.0765. The van der Waals surface area contributed by atoms with Crippen LogP contribution >= 0.6 is 0 Å². The number of aliphatic hydroxyl groups is 1. The van der Waals surface area contributed by atoms with E-state index < -0.39 is 5.97 Å². The van der Waals surface area contributed by atoms with Crippen molar-refractivity contribution in [3.05, 3.63) is 30.1 Å². The van der Waals surface area contributed by atoms with Gasteiger partial charge in [-0.25, -0.2) is 9.78 Å². The molecule has 0 bridgehead atoms. The molecule has 1 fully saturated rings. The lowest BCUT2D eigenvalue weighted by Crippen LogP contribution is -2.27. The molecule has 0 atom stereocenters. The minimum atomic E-state index is -0.933. The van der Waals surface area contributed by atoms with Crippen LogP contribution in [0.4, 0.5) is 0 Å². The van der Waals surface area contributed by atoms with Crippen LogP contribution in [0.15, 0.2) is 24.5 Å². The van der Waals surface area contributed by atoms with Crippen molar-refractivity contribution in [2.45, 2.75) is 32.2 Å². The van der Waals surface area contributed by atoms with Gasteiger partial charge >= 0.3 is 5.97 Å². The third kappa shape index (κ3) is 2.18. The van der Waals surface area contributed by atoms with Crippen molar-refractivity contribution < 1.29 is 15.0 Å². The van der Waals surface area contributed by atoms with Crippen LogP contribution in [-0.2, 0) is 6.54 Å². The Morgan fingerprint density at radius 3 is 2.75 bits per heavy atom. The molecule has 0 aliphatic heterocycles. The maximum atomic E-state index is 11.1. The summed E-state index contributed by atoms with van der Waals surface area (Å²) in [6.07, 6.45) is 6.07. The molecule has 1 aromatic heterocycles. The highest BCUT2D eigenvalue weighted by molar-refractivity contribution is 5.92. The van der Waals surface area contributed by atoms with Gasteiger partial charge in [-0.15, -0.1) is 0 Å². The molecule has 1 aliphatic rings. The molecule has 0 unspecified atom stereocenters. The van der Waals surface area contributed by atoms with E-state index >= 15 is 0 Å². The van der Waals surface area contributed by atoms with E-state index in [0.717, 1.165) is 36.7 Å². The molecule has 3 rings (SSSR count). The Kier molecular flexibility index (Phi) is 3.22. The number of imidazole rings is 1. The summed E-state index contributed by atoms with van der Waals surface area (Å²) in [6.45, 7) is 0.869. The molecule has 0 amide bonds. The van der Waals surface area contributed by atoms with Crippen LogP contribution < -0.4 is 0 Å². The number of fused-ring (bicyclic) bond motifs is 1. The summed E-state index contributed by atoms with van der Waals surface area (Å²) < 4.78 is 1.98. The van der Waals surface area contributed by atoms with Crippen LogP contribution in [0.3, 0.4) is 0 Å². The average Bonchev–Trinajstić information content (AvgIpc) is 3.07. The van der Waals surface area contributed by atoms with Gasteiger partial charge in [0.25, 0.3) is 0 Å². The summed E-state index contributed by atoms with van der Waals surface area (Å²) in [5, 5.41) is 18.8. The van der Waals surface area contributed by atoms with Gasteiger partial charge in [-0.2, -0.15) is 0 Å². The van der Waals surface area contributed by atoms with Gasteiger partial charge in [0.15, 0.2) is 0 Å². The first-order valence-electron chi connectivity index (χ1n) is 6.93. The SMILES string of the molecule is O=C(O)c1ccc2ncn(CC3(CO)CCCC3)c2c1. The first-order valence-corrected chi connectivity index (χ1v) is 6.93. The van der Waals surface area contributed by atoms with Crippen LogP contribution in [0.2, 0.25) is 0 Å². The summed E-state index contributed by atoms with van der Waals surface area (Å²) in [7, 11) is 0. The molecular weight excluding hydrogens is 256 g/mol. The number of hydrogen-bond donors (Lipinski definition) is 2. The molecule has 1 aliphatic carbocycles. The van der Waals surface area contributed by atoms with Crippen molar-refractivity contribution >= 4 is 17.0 Å². The number of benzene rings is 1. The van der Waals surface area contributed by atoms with E-state index in [4.69, 9.17) is 5.11 Å². The molecule has 5 heteroatoms. The molecule has 20 heavy (non-hydrogen) atoms. The fourth-order valence-corrected chi connectivity index (χ4v) is 3.17. The number of carboxylic acid groups (broad SMARTS) is 1. The van der Waals surface area contributed by atoms with Gasteiger partial charge in [0, 0.05) is 12.0 Å². The number of carbonyl (C=O) groups is 1. The third-order valence-corrected chi connectivity index (χ3v) is 4.37. The van der Waals surface area contributed by atoms with E-state index in [1.807, 2.05) is 4.57 Å². The Balaban J connectivity index is 1.98. The van der Waals surface area contributed by atoms with Crippen LogP contribution in [0.25, 0.3) is 11.0 Å². The summed E-state index contributed by atoms with van der Waals surface area (Å²) in [4.78, 5) is 15.4. The Morgan fingerprint density at radius 2 is 2.10 bits per heavy atom. The second kappa shape index (κ2) is 4.90. The highest BCUT2D eigenvalue weighted by atomic mass is 16.4. The Hall–Kier alpha value is -1.88. The molecule has 2 N–H and O–H groups in total. The lowest BCUT2D eigenvalue weighted by atomic mass is 9.87. The highest BCUT2D eigenvalue weighted by Gasteiger charge is 2.33.